The van der Waals surface area contributed by atoms with Gasteiger partial charge in [0.15, 0.2) is 0 Å². The maximum absolute atomic E-state index is 11.3. The van der Waals surface area contributed by atoms with Gasteiger partial charge in [-0.3, -0.25) is 0 Å². The van der Waals surface area contributed by atoms with Crippen LogP contribution in [0.4, 0.5) is 5.69 Å². The first kappa shape index (κ1) is 13.6. The molecule has 0 amide bonds. The number of nitrogens with zero attached hydrogens (tertiary/aromatic N) is 3. The summed E-state index contributed by atoms with van der Waals surface area (Å²) < 4.78 is 4.60. The molecule has 18 heavy (non-hydrogen) atoms. The zero-order chi connectivity index (χ0) is 13.4. The highest BCUT2D eigenvalue weighted by molar-refractivity contribution is 5.95. The number of hydrogen-bond acceptors (Lipinski definition) is 4. The number of nitrogen functional groups attached to an aromatic ring is 1. The Balaban J connectivity index is 2.72. The molecule has 0 spiro atoms. The second kappa shape index (κ2) is 6.98. The van der Waals surface area contributed by atoms with Crippen LogP contribution in [0.5, 0.6) is 0 Å². The van der Waals surface area contributed by atoms with E-state index in [2.05, 4.69) is 14.8 Å². The summed E-state index contributed by atoms with van der Waals surface area (Å²) in [6, 6.07) is 5.08. The SMILES string of the molecule is COC(=O)c1ccc(C=CCCN=[N+]=[N-])cc1N. The molecule has 1 rings (SSSR count). The predicted molar refractivity (Wildman–Crippen MR) is 69.9 cm³/mol. The summed E-state index contributed by atoms with van der Waals surface area (Å²) in [7, 11) is 1.31. The maximum Gasteiger partial charge on any atom is 0.339 e. The third-order valence-corrected chi connectivity index (χ3v) is 2.25. The number of carbonyl (C=O) groups excluding carboxylic acids is 1. The molecule has 1 aromatic carbocycles. The molecule has 0 fully saturated rings. The number of benzene rings is 1. The van der Waals surface area contributed by atoms with E-state index in [4.69, 9.17) is 11.3 Å². The molecule has 0 aliphatic rings. The Morgan fingerprint density at radius 3 is 3.00 bits per heavy atom. The van der Waals surface area contributed by atoms with Crippen LogP contribution in [0.3, 0.4) is 0 Å². The maximum atomic E-state index is 11.3. The number of rotatable bonds is 5. The smallest absolute Gasteiger partial charge is 0.339 e. The van der Waals surface area contributed by atoms with Gasteiger partial charge in [0.2, 0.25) is 0 Å². The van der Waals surface area contributed by atoms with E-state index in [1.165, 1.54) is 7.11 Å². The van der Waals surface area contributed by atoms with Crippen LogP contribution in [0.2, 0.25) is 0 Å². The number of azide groups is 1. The third kappa shape index (κ3) is 3.84. The summed E-state index contributed by atoms with van der Waals surface area (Å²) in [5, 5.41) is 3.41. The second-order valence-electron chi connectivity index (χ2n) is 3.48. The minimum atomic E-state index is -0.452. The van der Waals surface area contributed by atoms with Gasteiger partial charge in [-0.05, 0) is 29.6 Å². The van der Waals surface area contributed by atoms with Gasteiger partial charge < -0.3 is 10.5 Å². The molecule has 6 nitrogen and oxygen atoms in total. The molecular weight excluding hydrogens is 232 g/mol. The molecule has 0 radical (unpaired) electrons. The van der Waals surface area contributed by atoms with Crippen LogP contribution in [0.25, 0.3) is 16.5 Å². The quantitative estimate of drug-likeness (QED) is 0.216. The topological polar surface area (TPSA) is 101 Å². The predicted octanol–water partition coefficient (Wildman–Crippen LogP) is 2.77. The van der Waals surface area contributed by atoms with Gasteiger partial charge in [-0.25, -0.2) is 4.79 Å². The van der Waals surface area contributed by atoms with Crippen molar-refractivity contribution in [3.8, 4) is 0 Å². The van der Waals surface area contributed by atoms with Crippen molar-refractivity contribution < 1.29 is 9.53 Å². The van der Waals surface area contributed by atoms with E-state index < -0.39 is 5.97 Å². The zero-order valence-corrected chi connectivity index (χ0v) is 10.0. The standard InChI is InChI=1S/C12H14N4O2/c1-18-12(17)10-6-5-9(8-11(10)13)4-2-3-7-15-16-14/h2,4-6,8H,3,7,13H2,1H3. The van der Waals surface area contributed by atoms with Crippen molar-refractivity contribution in [2.24, 2.45) is 5.11 Å². The van der Waals surface area contributed by atoms with Crippen LogP contribution >= 0.6 is 0 Å². The van der Waals surface area contributed by atoms with Gasteiger partial charge in [0.05, 0.1) is 12.7 Å². The molecule has 0 aromatic heterocycles. The lowest BCUT2D eigenvalue weighted by molar-refractivity contribution is 0.0602. The van der Waals surface area contributed by atoms with Crippen molar-refractivity contribution in [3.63, 3.8) is 0 Å². The first-order chi connectivity index (χ1) is 8.69. The van der Waals surface area contributed by atoms with Crippen LogP contribution in [0, 0.1) is 0 Å². The van der Waals surface area contributed by atoms with Crippen molar-refractivity contribution >= 4 is 17.7 Å². The number of nitrogens with two attached hydrogens (primary N) is 1. The number of anilines is 1. The van der Waals surface area contributed by atoms with Crippen molar-refractivity contribution in [2.75, 3.05) is 19.4 Å². The van der Waals surface area contributed by atoms with E-state index >= 15 is 0 Å². The Hall–Kier alpha value is -2.46. The fourth-order valence-electron chi connectivity index (χ4n) is 1.38. The van der Waals surface area contributed by atoms with Gasteiger partial charge in [-0.2, -0.15) is 0 Å². The van der Waals surface area contributed by atoms with Gasteiger partial charge in [-0.15, -0.1) is 0 Å². The summed E-state index contributed by atoms with van der Waals surface area (Å²) in [5.74, 6) is -0.452. The summed E-state index contributed by atoms with van der Waals surface area (Å²) in [5.41, 5.74) is 15.4. The van der Waals surface area contributed by atoms with Crippen LogP contribution in [-0.2, 0) is 4.74 Å². The Labute approximate surface area is 105 Å². The average Bonchev–Trinajstić information content (AvgIpc) is 2.38. The Morgan fingerprint density at radius 2 is 2.39 bits per heavy atom. The summed E-state index contributed by atoms with van der Waals surface area (Å²) in [6.45, 7) is 0.419. The highest BCUT2D eigenvalue weighted by Gasteiger charge is 2.08. The summed E-state index contributed by atoms with van der Waals surface area (Å²) >= 11 is 0. The van der Waals surface area contributed by atoms with Gasteiger partial charge in [0.25, 0.3) is 0 Å². The Kier molecular flexibility index (Phi) is 5.28. The van der Waals surface area contributed by atoms with E-state index in [0.29, 0.717) is 24.2 Å². The van der Waals surface area contributed by atoms with E-state index in [9.17, 15) is 4.79 Å². The van der Waals surface area contributed by atoms with Crippen LogP contribution in [0.1, 0.15) is 22.3 Å². The Morgan fingerprint density at radius 1 is 1.61 bits per heavy atom. The average molecular weight is 246 g/mol. The van der Waals surface area contributed by atoms with E-state index in [1.807, 2.05) is 12.2 Å². The summed E-state index contributed by atoms with van der Waals surface area (Å²) in [4.78, 5) is 14.0. The monoisotopic (exact) mass is 246 g/mol. The van der Waals surface area contributed by atoms with Gasteiger partial charge in [-0.1, -0.05) is 23.3 Å². The number of esters is 1. The van der Waals surface area contributed by atoms with E-state index in [-0.39, 0.29) is 0 Å². The molecule has 0 unspecified atom stereocenters. The second-order valence-corrected chi connectivity index (χ2v) is 3.48. The number of carbonyl (C=O) groups is 1. The van der Waals surface area contributed by atoms with Crippen LogP contribution in [-0.4, -0.2) is 19.6 Å². The molecule has 0 heterocycles. The molecule has 6 heteroatoms. The van der Waals surface area contributed by atoms with Crippen molar-refractivity contribution in [1.29, 1.82) is 0 Å². The molecule has 0 saturated carbocycles. The van der Waals surface area contributed by atoms with Gasteiger partial charge in [0, 0.05) is 17.1 Å². The minimum absolute atomic E-state index is 0.351. The Bertz CT molecular complexity index is 505. The number of methoxy groups -OCH3 is 1. The zero-order valence-electron chi connectivity index (χ0n) is 10.0. The normalized spacial score (nSPS) is 10.1. The van der Waals surface area contributed by atoms with Crippen molar-refractivity contribution in [1.82, 2.24) is 0 Å². The third-order valence-electron chi connectivity index (χ3n) is 2.25. The molecule has 1 aromatic rings. The van der Waals surface area contributed by atoms with Crippen LogP contribution in [0.15, 0.2) is 29.4 Å². The molecule has 2 N–H and O–H groups in total. The van der Waals surface area contributed by atoms with Crippen LogP contribution < -0.4 is 5.73 Å². The largest absolute Gasteiger partial charge is 0.465 e. The molecule has 94 valence electrons. The first-order valence-electron chi connectivity index (χ1n) is 5.34. The molecule has 0 aliphatic heterocycles. The molecule has 0 aliphatic carbocycles. The fourth-order valence-corrected chi connectivity index (χ4v) is 1.38. The molecule has 0 bridgehead atoms. The minimum Gasteiger partial charge on any atom is -0.465 e. The van der Waals surface area contributed by atoms with Crippen molar-refractivity contribution in [2.45, 2.75) is 6.42 Å². The molecule has 0 atom stereocenters. The highest BCUT2D eigenvalue weighted by Crippen LogP contribution is 2.16. The lowest BCUT2D eigenvalue weighted by Crippen LogP contribution is -2.05. The molecule has 0 saturated heterocycles. The van der Waals surface area contributed by atoms with Gasteiger partial charge in [0.1, 0.15) is 0 Å². The number of ether oxygens (including phenoxy) is 1. The van der Waals surface area contributed by atoms with E-state index in [0.717, 1.165) is 5.56 Å². The number of hydrogen-bond donors (Lipinski definition) is 1. The van der Waals surface area contributed by atoms with E-state index in [1.54, 1.807) is 18.2 Å². The summed E-state index contributed by atoms with van der Waals surface area (Å²) in [6.07, 6.45) is 4.38. The van der Waals surface area contributed by atoms with Gasteiger partial charge >= 0.3 is 5.97 Å². The fraction of sp³-hybridized carbons (Fsp3) is 0.250. The first-order valence-corrected chi connectivity index (χ1v) is 5.34. The lowest BCUT2D eigenvalue weighted by atomic mass is 10.1. The van der Waals surface area contributed by atoms with Crippen molar-refractivity contribution in [3.05, 3.63) is 45.8 Å². The lowest BCUT2D eigenvalue weighted by Gasteiger charge is -2.04. The molecular formula is C12H14N4O2. The highest BCUT2D eigenvalue weighted by atomic mass is 16.5.